The summed E-state index contributed by atoms with van der Waals surface area (Å²) in [5.74, 6) is 0.230. The minimum atomic E-state index is -2.34. The molecule has 25 heavy (non-hydrogen) atoms. The molecule has 6 nitrogen and oxygen atoms in total. The first-order valence-corrected chi connectivity index (χ1v) is 8.40. The van der Waals surface area contributed by atoms with Gasteiger partial charge in [0, 0.05) is 60.7 Å². The van der Waals surface area contributed by atoms with Crippen LogP contribution in [0.25, 0.3) is 10.9 Å². The van der Waals surface area contributed by atoms with Gasteiger partial charge in [-0.3, -0.25) is 0 Å². The molecule has 2 saturated heterocycles. The Hall–Kier alpha value is -2.05. The van der Waals surface area contributed by atoms with Crippen LogP contribution in [0.5, 0.6) is 5.75 Å². The van der Waals surface area contributed by atoms with E-state index in [4.69, 9.17) is 10.2 Å². The van der Waals surface area contributed by atoms with Gasteiger partial charge in [-0.25, -0.2) is 4.79 Å². The van der Waals surface area contributed by atoms with E-state index in [2.05, 4.69) is 16.9 Å². The van der Waals surface area contributed by atoms with Gasteiger partial charge in [0.2, 0.25) is 0 Å². The number of ether oxygens (including phenoxy) is 1. The summed E-state index contributed by atoms with van der Waals surface area (Å²) >= 11 is 0. The Labute approximate surface area is 153 Å². The van der Waals surface area contributed by atoms with Crippen LogP contribution in [-0.4, -0.2) is 79.6 Å². The van der Waals surface area contributed by atoms with E-state index in [0.717, 1.165) is 13.1 Å². The van der Waals surface area contributed by atoms with Crippen LogP contribution in [0.3, 0.4) is 0 Å². The van der Waals surface area contributed by atoms with Crippen LogP contribution >= 0.6 is 0 Å². The number of amides is 1. The fraction of sp³-hybridized carbons (Fsp3) is 0.526. The maximum atomic E-state index is 12.6. The van der Waals surface area contributed by atoms with Crippen LogP contribution in [-0.2, 0) is 6.37 Å². The lowest BCUT2D eigenvalue weighted by atomic mass is 9.73. The highest BCUT2D eigenvalue weighted by molar-refractivity contribution is 5.91. The second kappa shape index (κ2) is 6.04. The fourth-order valence-electron chi connectivity index (χ4n) is 3.86. The summed E-state index contributed by atoms with van der Waals surface area (Å²) in [5, 5.41) is 0.384. The van der Waals surface area contributed by atoms with E-state index in [1.807, 2.05) is 0 Å². The number of likely N-dealkylation sites (tertiary alicyclic amines) is 2. The zero-order valence-corrected chi connectivity index (χ0v) is 14.8. The summed E-state index contributed by atoms with van der Waals surface area (Å²) in [6.07, 6.45) is -1.35. The minimum Gasteiger partial charge on any atom is -0.409 e. The number of benzene rings is 1. The first-order chi connectivity index (χ1) is 13.5. The number of rotatable bonds is 4. The minimum absolute atomic E-state index is 0.121. The van der Waals surface area contributed by atoms with Crippen LogP contribution in [0.15, 0.2) is 24.4 Å². The predicted molar refractivity (Wildman–Crippen MR) is 98.1 cm³/mol. The summed E-state index contributed by atoms with van der Waals surface area (Å²) in [6, 6.07) is 5.09. The molecule has 0 saturated carbocycles. The molecule has 1 N–H and O–H groups in total. The van der Waals surface area contributed by atoms with E-state index in [-0.39, 0.29) is 16.7 Å². The first-order valence-electron chi connectivity index (χ1n) is 10.4. The van der Waals surface area contributed by atoms with Crippen molar-refractivity contribution in [2.24, 2.45) is 5.41 Å². The molecule has 4 rings (SSSR count). The standard InChI is InChI=1S/C19H26N4O2/c1-21(2)8-7-14-9-20-15-5-4-6-16(17(14)15)25-18(24)23-12-19(13-23)10-22(3)11-19/h4-6,9,20H,7-8,10-13H2,1-3H3/i7D2,8D2. The molecule has 0 bridgehead atoms. The largest absolute Gasteiger partial charge is 0.415 e. The molecule has 6 heteroatoms. The number of aromatic amines is 1. The number of aryl methyl sites for hydroxylation is 1. The lowest BCUT2D eigenvalue weighted by Gasteiger charge is -2.58. The van der Waals surface area contributed by atoms with E-state index in [1.54, 1.807) is 23.1 Å². The molecule has 2 aliphatic rings. The lowest BCUT2D eigenvalue weighted by Crippen LogP contribution is -2.72. The molecule has 1 aromatic carbocycles. The van der Waals surface area contributed by atoms with Crippen molar-refractivity contribution in [2.75, 3.05) is 53.8 Å². The number of carbonyl (C=O) groups excluding carboxylic acids is 1. The van der Waals surface area contributed by atoms with Crippen LogP contribution < -0.4 is 4.74 Å². The monoisotopic (exact) mass is 346 g/mol. The highest BCUT2D eigenvalue weighted by atomic mass is 16.6. The Morgan fingerprint density at radius 3 is 2.80 bits per heavy atom. The molecular weight excluding hydrogens is 316 g/mol. The van der Waals surface area contributed by atoms with Gasteiger partial charge < -0.3 is 24.4 Å². The second-order valence-corrected chi connectivity index (χ2v) is 7.41. The number of likely N-dealkylation sites (N-methyl/N-ethyl adjacent to an activating group) is 1. The van der Waals surface area contributed by atoms with Crippen molar-refractivity contribution in [3.63, 3.8) is 0 Å². The van der Waals surface area contributed by atoms with Gasteiger partial charge in [-0.05, 0) is 45.2 Å². The molecule has 2 aromatic rings. The molecule has 0 unspecified atom stereocenters. The maximum Gasteiger partial charge on any atom is 0.415 e. The van der Waals surface area contributed by atoms with Crippen molar-refractivity contribution >= 4 is 17.0 Å². The Kier molecular flexibility index (Phi) is 2.98. The highest BCUT2D eigenvalue weighted by Gasteiger charge is 2.52. The summed E-state index contributed by atoms with van der Waals surface area (Å²) < 4.78 is 39.1. The Morgan fingerprint density at radius 1 is 1.36 bits per heavy atom. The van der Waals surface area contributed by atoms with Crippen molar-refractivity contribution in [1.82, 2.24) is 19.7 Å². The van der Waals surface area contributed by atoms with Gasteiger partial charge in [0.1, 0.15) is 5.75 Å². The zero-order valence-electron chi connectivity index (χ0n) is 18.8. The van der Waals surface area contributed by atoms with E-state index in [1.165, 1.54) is 25.2 Å². The Balaban J connectivity index is 1.61. The average Bonchev–Trinajstić information content (AvgIpc) is 3.02. The number of carbonyl (C=O) groups is 1. The van der Waals surface area contributed by atoms with Gasteiger partial charge in [-0.2, -0.15) is 0 Å². The molecule has 1 aromatic heterocycles. The van der Waals surface area contributed by atoms with E-state index in [0.29, 0.717) is 24.0 Å². The molecule has 134 valence electrons. The van der Waals surface area contributed by atoms with Gasteiger partial charge in [0.25, 0.3) is 0 Å². The number of hydrogen-bond acceptors (Lipinski definition) is 4. The van der Waals surface area contributed by atoms with Crippen molar-refractivity contribution in [3.8, 4) is 5.75 Å². The van der Waals surface area contributed by atoms with E-state index >= 15 is 0 Å². The summed E-state index contributed by atoms with van der Waals surface area (Å²) in [6.45, 7) is 1.02. The normalized spacial score (nSPS) is 22.8. The number of hydrogen-bond donors (Lipinski definition) is 1. The predicted octanol–water partition coefficient (Wildman–Crippen LogP) is 2.02. The molecule has 0 radical (unpaired) electrons. The van der Waals surface area contributed by atoms with Gasteiger partial charge in [0.15, 0.2) is 0 Å². The fourth-order valence-corrected chi connectivity index (χ4v) is 3.86. The average molecular weight is 346 g/mol. The van der Waals surface area contributed by atoms with Gasteiger partial charge in [-0.1, -0.05) is 6.07 Å². The third-order valence-corrected chi connectivity index (χ3v) is 4.80. The van der Waals surface area contributed by atoms with Crippen LogP contribution in [0.1, 0.15) is 11.0 Å². The number of nitrogens with zero attached hydrogens (tertiary/aromatic N) is 3. The van der Waals surface area contributed by atoms with E-state index in [9.17, 15) is 4.79 Å². The Morgan fingerprint density at radius 2 is 2.12 bits per heavy atom. The zero-order chi connectivity index (χ0) is 21.2. The first kappa shape index (κ1) is 12.3. The van der Waals surface area contributed by atoms with Gasteiger partial charge in [0.05, 0.1) is 0 Å². The quantitative estimate of drug-likeness (QED) is 0.920. The van der Waals surface area contributed by atoms with Crippen molar-refractivity contribution in [1.29, 1.82) is 0 Å². The maximum absolute atomic E-state index is 12.6. The van der Waals surface area contributed by atoms with Gasteiger partial charge >= 0.3 is 6.09 Å². The van der Waals surface area contributed by atoms with Crippen molar-refractivity contribution in [2.45, 2.75) is 6.37 Å². The molecule has 1 amide bonds. The molecule has 1 spiro atoms. The van der Waals surface area contributed by atoms with Crippen molar-refractivity contribution < 1.29 is 15.0 Å². The molecule has 3 heterocycles. The summed E-state index contributed by atoms with van der Waals surface area (Å²) in [5.41, 5.74) is 0.901. The number of aromatic nitrogens is 1. The molecule has 2 aliphatic heterocycles. The lowest BCUT2D eigenvalue weighted by molar-refractivity contribution is -0.0890. The molecule has 0 aliphatic carbocycles. The van der Waals surface area contributed by atoms with Crippen LogP contribution in [0, 0.1) is 5.41 Å². The number of H-pyrrole nitrogens is 1. The second-order valence-electron chi connectivity index (χ2n) is 7.41. The third kappa shape index (κ3) is 3.00. The summed E-state index contributed by atoms with van der Waals surface area (Å²) in [4.78, 5) is 20.7. The number of fused-ring (bicyclic) bond motifs is 1. The summed E-state index contributed by atoms with van der Waals surface area (Å²) in [7, 11) is 5.04. The highest BCUT2D eigenvalue weighted by Crippen LogP contribution is 2.39. The topological polar surface area (TPSA) is 51.8 Å². The molecular formula is C19H26N4O2. The van der Waals surface area contributed by atoms with Gasteiger partial charge in [-0.15, -0.1) is 0 Å². The molecule has 2 fully saturated rings. The van der Waals surface area contributed by atoms with E-state index < -0.39 is 19.0 Å². The van der Waals surface area contributed by atoms with Crippen LogP contribution in [0.4, 0.5) is 4.79 Å². The number of nitrogens with one attached hydrogen (secondary N) is 1. The van der Waals surface area contributed by atoms with Crippen LogP contribution in [0.2, 0.25) is 0 Å². The third-order valence-electron chi connectivity index (χ3n) is 4.80. The SMILES string of the molecule is [2H]C([2H])(c1c[nH]c2cccc(OC(=O)N3CC4(CN(C)C4)C3)c12)C([2H])([2H])N(C)C. The Bertz CT molecular complexity index is 945. The smallest absolute Gasteiger partial charge is 0.409 e. The van der Waals surface area contributed by atoms with Crippen molar-refractivity contribution in [3.05, 3.63) is 30.0 Å². The molecule has 0 atom stereocenters.